The van der Waals surface area contributed by atoms with Crippen molar-refractivity contribution in [1.82, 2.24) is 4.90 Å². The van der Waals surface area contributed by atoms with Crippen LogP contribution < -0.4 is 9.47 Å². The summed E-state index contributed by atoms with van der Waals surface area (Å²) in [6.07, 6.45) is 2.52. The maximum absolute atomic E-state index is 12.0. The van der Waals surface area contributed by atoms with E-state index in [4.69, 9.17) is 14.2 Å². The predicted octanol–water partition coefficient (Wildman–Crippen LogP) is 2.60. The molecule has 122 valence electrons. The molecule has 0 aliphatic carbocycles. The van der Waals surface area contributed by atoms with E-state index in [9.17, 15) is 4.79 Å². The summed E-state index contributed by atoms with van der Waals surface area (Å²) in [6, 6.07) is 4.47. The third-order valence-electron chi connectivity index (χ3n) is 5.20. The molecule has 0 radical (unpaired) electrons. The summed E-state index contributed by atoms with van der Waals surface area (Å²) in [7, 11) is 3.33. The van der Waals surface area contributed by atoms with Crippen LogP contribution >= 0.6 is 0 Å². The summed E-state index contributed by atoms with van der Waals surface area (Å²) in [4.78, 5) is 14.3. The number of carbonyl (C=O) groups is 1. The number of hydrogen-bond donors (Lipinski definition) is 0. The fraction of sp³-hybridized carbons (Fsp3) is 0.500. The number of carbonyl (C=O) groups excluding carboxylic acids is 1. The summed E-state index contributed by atoms with van der Waals surface area (Å²) in [6.45, 7) is 2.87. The van der Waals surface area contributed by atoms with Crippen molar-refractivity contribution >= 4 is 5.97 Å². The number of methoxy groups -OCH3 is 2. The van der Waals surface area contributed by atoms with E-state index in [1.165, 1.54) is 11.1 Å². The van der Waals surface area contributed by atoms with E-state index in [2.05, 4.69) is 17.0 Å². The van der Waals surface area contributed by atoms with Gasteiger partial charge in [-0.1, -0.05) is 0 Å². The summed E-state index contributed by atoms with van der Waals surface area (Å²) in [5.74, 6) is 1.41. The second kappa shape index (κ2) is 5.18. The lowest BCUT2D eigenvalue weighted by atomic mass is 9.84. The van der Waals surface area contributed by atoms with E-state index < -0.39 is 0 Å². The van der Waals surface area contributed by atoms with Crippen LogP contribution in [0.1, 0.15) is 36.9 Å². The van der Waals surface area contributed by atoms with Gasteiger partial charge in [0, 0.05) is 6.54 Å². The monoisotopic (exact) mass is 315 g/mol. The largest absolute Gasteiger partial charge is 0.493 e. The molecule has 0 bridgehead atoms. The highest BCUT2D eigenvalue weighted by Gasteiger charge is 2.42. The lowest BCUT2D eigenvalue weighted by molar-refractivity contribution is -0.139. The normalized spacial score (nSPS) is 25.5. The molecule has 0 N–H and O–H groups in total. The minimum Gasteiger partial charge on any atom is -0.493 e. The van der Waals surface area contributed by atoms with Crippen molar-refractivity contribution in [2.24, 2.45) is 0 Å². The molecule has 0 fully saturated rings. The van der Waals surface area contributed by atoms with E-state index in [-0.39, 0.29) is 18.1 Å². The molecule has 0 saturated heterocycles. The van der Waals surface area contributed by atoms with Crippen LogP contribution in [0.5, 0.6) is 11.5 Å². The van der Waals surface area contributed by atoms with Gasteiger partial charge in [-0.15, -0.1) is 0 Å². The Morgan fingerprint density at radius 1 is 1.17 bits per heavy atom. The molecule has 0 aromatic heterocycles. The Bertz CT molecular complexity index is 709. The molecule has 3 aliphatic heterocycles. The number of esters is 1. The first-order valence-corrected chi connectivity index (χ1v) is 8.09. The molecule has 0 unspecified atom stereocenters. The van der Waals surface area contributed by atoms with Crippen LogP contribution in [0.2, 0.25) is 0 Å². The molecule has 0 amide bonds. The van der Waals surface area contributed by atoms with Crippen LogP contribution in [0.25, 0.3) is 0 Å². The second-order valence-corrected chi connectivity index (χ2v) is 6.32. The summed E-state index contributed by atoms with van der Waals surface area (Å²) < 4.78 is 16.3. The van der Waals surface area contributed by atoms with E-state index in [1.54, 1.807) is 14.2 Å². The molecule has 3 heterocycles. The fourth-order valence-electron chi connectivity index (χ4n) is 4.18. The van der Waals surface area contributed by atoms with Crippen molar-refractivity contribution in [3.63, 3.8) is 0 Å². The Hall–Kier alpha value is -2.17. The highest BCUT2D eigenvalue weighted by Crippen LogP contribution is 2.47. The zero-order valence-corrected chi connectivity index (χ0v) is 13.7. The smallest absolute Gasteiger partial charge is 0.336 e. The third kappa shape index (κ3) is 2.02. The van der Waals surface area contributed by atoms with Gasteiger partial charge in [0.2, 0.25) is 0 Å². The Kier molecular flexibility index (Phi) is 3.25. The number of benzene rings is 1. The van der Waals surface area contributed by atoms with Crippen LogP contribution in [0.15, 0.2) is 23.4 Å². The molecular weight excluding hydrogens is 294 g/mol. The zero-order chi connectivity index (χ0) is 16.1. The van der Waals surface area contributed by atoms with E-state index in [0.29, 0.717) is 0 Å². The van der Waals surface area contributed by atoms with Gasteiger partial charge < -0.3 is 19.1 Å². The number of nitrogens with zero attached hydrogens (tertiary/aromatic N) is 1. The Balaban J connectivity index is 1.78. The standard InChI is InChI=1S/C18H21NO4/c1-10-17-12(18(20)23-10)4-5-14-13-9-16(22-3)15(21-2)8-11(13)6-7-19(14)17/h8-10,14H,4-7H2,1-3H3/t10-,14-/m0/s1. The van der Waals surface area contributed by atoms with Gasteiger partial charge in [0.15, 0.2) is 11.5 Å². The van der Waals surface area contributed by atoms with Crippen LogP contribution in [0.3, 0.4) is 0 Å². The van der Waals surface area contributed by atoms with Crippen molar-refractivity contribution in [2.45, 2.75) is 38.3 Å². The summed E-state index contributed by atoms with van der Waals surface area (Å²) >= 11 is 0. The summed E-state index contributed by atoms with van der Waals surface area (Å²) in [5.41, 5.74) is 4.56. The molecule has 0 spiro atoms. The van der Waals surface area contributed by atoms with Gasteiger partial charge in [0.05, 0.1) is 31.5 Å². The maximum Gasteiger partial charge on any atom is 0.336 e. The zero-order valence-electron chi connectivity index (χ0n) is 13.7. The van der Waals surface area contributed by atoms with Crippen molar-refractivity contribution < 1.29 is 19.0 Å². The van der Waals surface area contributed by atoms with Gasteiger partial charge in [0.25, 0.3) is 0 Å². The van der Waals surface area contributed by atoms with Crippen molar-refractivity contribution in [3.8, 4) is 11.5 Å². The minimum atomic E-state index is -0.137. The van der Waals surface area contributed by atoms with Gasteiger partial charge in [-0.05, 0) is 49.4 Å². The molecule has 3 aliphatic rings. The average Bonchev–Trinajstić information content (AvgIpc) is 2.87. The first-order valence-electron chi connectivity index (χ1n) is 8.09. The molecule has 5 nitrogen and oxygen atoms in total. The topological polar surface area (TPSA) is 48.0 Å². The number of ether oxygens (including phenoxy) is 3. The molecule has 5 heteroatoms. The minimum absolute atomic E-state index is 0.135. The number of rotatable bonds is 2. The quantitative estimate of drug-likeness (QED) is 0.785. The van der Waals surface area contributed by atoms with Gasteiger partial charge in [0.1, 0.15) is 6.10 Å². The van der Waals surface area contributed by atoms with Crippen LogP contribution in [-0.4, -0.2) is 37.7 Å². The Labute approximate surface area is 135 Å². The Morgan fingerprint density at radius 2 is 1.91 bits per heavy atom. The van der Waals surface area contributed by atoms with Crippen molar-refractivity contribution in [3.05, 3.63) is 34.5 Å². The van der Waals surface area contributed by atoms with Crippen molar-refractivity contribution in [2.75, 3.05) is 20.8 Å². The van der Waals surface area contributed by atoms with E-state index in [0.717, 1.165) is 48.6 Å². The second-order valence-electron chi connectivity index (χ2n) is 6.32. The van der Waals surface area contributed by atoms with Gasteiger partial charge in [-0.2, -0.15) is 0 Å². The van der Waals surface area contributed by atoms with Crippen LogP contribution in [-0.2, 0) is 16.0 Å². The van der Waals surface area contributed by atoms with Crippen LogP contribution in [0.4, 0.5) is 0 Å². The highest BCUT2D eigenvalue weighted by atomic mass is 16.5. The molecule has 23 heavy (non-hydrogen) atoms. The predicted molar refractivity (Wildman–Crippen MR) is 84.5 cm³/mol. The Morgan fingerprint density at radius 3 is 2.65 bits per heavy atom. The van der Waals surface area contributed by atoms with E-state index in [1.807, 2.05) is 6.92 Å². The van der Waals surface area contributed by atoms with Crippen molar-refractivity contribution in [1.29, 1.82) is 0 Å². The first-order chi connectivity index (χ1) is 11.1. The molecular formula is C18H21NO4. The SMILES string of the molecule is COc1cc2c(cc1OC)[C@@H]1CCC3=C([C@H](C)OC3=O)N1CC2. The number of fused-ring (bicyclic) bond motifs is 4. The number of cyclic esters (lactones) is 1. The lowest BCUT2D eigenvalue weighted by Crippen LogP contribution is -2.39. The van der Waals surface area contributed by atoms with Crippen LogP contribution in [0, 0.1) is 0 Å². The molecule has 1 aromatic rings. The van der Waals surface area contributed by atoms with Gasteiger partial charge >= 0.3 is 5.97 Å². The lowest BCUT2D eigenvalue weighted by Gasteiger charge is -2.43. The van der Waals surface area contributed by atoms with Gasteiger partial charge in [-0.25, -0.2) is 4.79 Å². The number of hydrogen-bond acceptors (Lipinski definition) is 5. The summed E-state index contributed by atoms with van der Waals surface area (Å²) in [5, 5.41) is 0. The first kappa shape index (κ1) is 14.4. The molecule has 0 saturated carbocycles. The average molecular weight is 315 g/mol. The maximum atomic E-state index is 12.0. The molecule has 2 atom stereocenters. The fourth-order valence-corrected chi connectivity index (χ4v) is 4.18. The van der Waals surface area contributed by atoms with E-state index >= 15 is 0 Å². The molecule has 1 aromatic carbocycles. The molecule has 4 rings (SSSR count). The highest BCUT2D eigenvalue weighted by molar-refractivity contribution is 5.92. The van der Waals surface area contributed by atoms with Gasteiger partial charge in [-0.3, -0.25) is 0 Å². The third-order valence-corrected chi connectivity index (χ3v) is 5.20.